The highest BCUT2D eigenvalue weighted by Crippen LogP contribution is 2.25. The maximum Gasteiger partial charge on any atom is 0.414 e. The first-order valence-corrected chi connectivity index (χ1v) is 8.57. The zero-order valence-electron chi connectivity index (χ0n) is 13.5. The predicted molar refractivity (Wildman–Crippen MR) is 93.4 cm³/mol. The van der Waals surface area contributed by atoms with Crippen LogP contribution >= 0.6 is 11.6 Å². The van der Waals surface area contributed by atoms with Crippen molar-refractivity contribution < 1.29 is 9.66 Å². The Morgan fingerprint density at radius 3 is 2.60 bits per heavy atom. The fourth-order valence-corrected chi connectivity index (χ4v) is 3.45. The molecule has 0 aliphatic carbocycles. The van der Waals surface area contributed by atoms with Crippen LogP contribution in [0.4, 0.5) is 11.5 Å². The zero-order chi connectivity index (χ0) is 17.4. The van der Waals surface area contributed by atoms with Gasteiger partial charge < -0.3 is 19.8 Å². The van der Waals surface area contributed by atoms with Crippen molar-refractivity contribution in [3.63, 3.8) is 0 Å². The van der Waals surface area contributed by atoms with Crippen LogP contribution < -0.4 is 9.64 Å². The van der Waals surface area contributed by atoms with E-state index in [9.17, 15) is 10.1 Å². The van der Waals surface area contributed by atoms with E-state index in [-0.39, 0.29) is 11.9 Å². The van der Waals surface area contributed by atoms with E-state index in [1.165, 1.54) is 11.9 Å². The summed E-state index contributed by atoms with van der Waals surface area (Å²) in [6.07, 6.45) is 1.43. The Kier molecular flexibility index (Phi) is 4.22. The molecule has 9 heteroatoms. The van der Waals surface area contributed by atoms with E-state index in [0.29, 0.717) is 12.6 Å². The highest BCUT2D eigenvalue weighted by atomic mass is 35.5. The number of rotatable bonds is 4. The summed E-state index contributed by atoms with van der Waals surface area (Å²) in [6.45, 7) is 5.20. The molecule has 0 saturated carbocycles. The smallest absolute Gasteiger partial charge is 0.414 e. The van der Waals surface area contributed by atoms with Crippen molar-refractivity contribution in [1.82, 2.24) is 14.5 Å². The first kappa shape index (κ1) is 16.2. The van der Waals surface area contributed by atoms with Gasteiger partial charge in [0.15, 0.2) is 0 Å². The summed E-state index contributed by atoms with van der Waals surface area (Å²) in [6, 6.07) is 8.26. The van der Waals surface area contributed by atoms with E-state index in [4.69, 9.17) is 16.3 Å². The summed E-state index contributed by atoms with van der Waals surface area (Å²) in [5, 5.41) is 11.5. The zero-order valence-corrected chi connectivity index (χ0v) is 14.3. The third-order valence-electron chi connectivity index (χ3n) is 4.61. The molecule has 2 aromatic rings. The van der Waals surface area contributed by atoms with Gasteiger partial charge in [0.2, 0.25) is 0 Å². The highest BCUT2D eigenvalue weighted by molar-refractivity contribution is 6.30. The number of hydrogen-bond acceptors (Lipinski definition) is 6. The largest absolute Gasteiger partial charge is 0.439 e. The molecule has 1 atom stereocenters. The van der Waals surface area contributed by atoms with Gasteiger partial charge in [0.05, 0.1) is 6.54 Å². The van der Waals surface area contributed by atoms with Gasteiger partial charge in [-0.1, -0.05) is 11.6 Å². The molecule has 132 valence electrons. The molecule has 2 aliphatic rings. The summed E-state index contributed by atoms with van der Waals surface area (Å²) >= 11 is 5.94. The number of piperazine rings is 1. The number of benzene rings is 1. The van der Waals surface area contributed by atoms with Gasteiger partial charge in [-0.3, -0.25) is 9.47 Å². The molecule has 4 rings (SSSR count). The van der Waals surface area contributed by atoms with Crippen LogP contribution in [0, 0.1) is 10.1 Å². The molecular formula is C16H18ClN5O3. The van der Waals surface area contributed by atoms with Gasteiger partial charge in [-0.2, -0.15) is 0 Å². The molecule has 2 aliphatic heterocycles. The predicted octanol–water partition coefficient (Wildman–Crippen LogP) is 2.03. The molecule has 3 heterocycles. The van der Waals surface area contributed by atoms with Crippen LogP contribution in [0.2, 0.25) is 5.02 Å². The molecule has 25 heavy (non-hydrogen) atoms. The minimum absolute atomic E-state index is 0.00890. The second-order valence-corrected chi connectivity index (χ2v) is 6.73. The van der Waals surface area contributed by atoms with Crippen LogP contribution in [0.25, 0.3) is 0 Å². The van der Waals surface area contributed by atoms with Crippen molar-refractivity contribution in [2.45, 2.75) is 12.6 Å². The molecule has 0 radical (unpaired) electrons. The number of nitrogens with zero attached hydrogens (tertiary/aromatic N) is 5. The molecule has 0 amide bonds. The minimum Gasteiger partial charge on any atom is -0.439 e. The van der Waals surface area contributed by atoms with Gasteiger partial charge in [0.25, 0.3) is 0 Å². The number of nitro groups is 1. The van der Waals surface area contributed by atoms with Gasteiger partial charge in [-0.15, -0.1) is 0 Å². The third-order valence-corrected chi connectivity index (χ3v) is 4.86. The summed E-state index contributed by atoms with van der Waals surface area (Å²) < 4.78 is 7.46. The van der Waals surface area contributed by atoms with Crippen LogP contribution in [-0.2, 0) is 6.54 Å². The molecule has 1 saturated heterocycles. The third kappa shape index (κ3) is 3.40. The molecule has 1 fully saturated rings. The van der Waals surface area contributed by atoms with Gasteiger partial charge >= 0.3 is 11.8 Å². The average Bonchev–Trinajstić information content (AvgIpc) is 3.15. The Morgan fingerprint density at radius 2 is 1.96 bits per heavy atom. The first-order valence-electron chi connectivity index (χ1n) is 8.19. The van der Waals surface area contributed by atoms with Crippen LogP contribution in [0.15, 0.2) is 30.5 Å². The standard InChI is InChI=1S/C16H18ClN5O3/c17-12-1-3-13(4-2-12)20-7-5-19(6-8-20)9-14-10-21-11-15(22(23)24)18-16(21)25-14/h1-4,11,14H,5-10H2. The number of ether oxygens (including phenoxy) is 1. The van der Waals surface area contributed by atoms with Crippen molar-refractivity contribution in [1.29, 1.82) is 0 Å². The van der Waals surface area contributed by atoms with E-state index >= 15 is 0 Å². The normalized spacial score (nSPS) is 20.4. The Morgan fingerprint density at radius 1 is 1.24 bits per heavy atom. The van der Waals surface area contributed by atoms with Crippen LogP contribution in [-0.4, -0.2) is 58.2 Å². The van der Waals surface area contributed by atoms with E-state index in [1.807, 2.05) is 24.3 Å². The molecule has 1 aromatic heterocycles. The minimum atomic E-state index is -0.500. The monoisotopic (exact) mass is 363 g/mol. The van der Waals surface area contributed by atoms with Crippen LogP contribution in [0.5, 0.6) is 6.01 Å². The molecular weight excluding hydrogens is 346 g/mol. The summed E-state index contributed by atoms with van der Waals surface area (Å²) in [7, 11) is 0. The van der Waals surface area contributed by atoms with Gasteiger partial charge in [0, 0.05) is 48.4 Å². The SMILES string of the molecule is O=[N+]([O-])c1cn2c(n1)OC(CN1CCN(c3ccc(Cl)cc3)CC1)C2. The van der Waals surface area contributed by atoms with E-state index in [1.54, 1.807) is 4.57 Å². The quantitative estimate of drug-likeness (QED) is 0.611. The Hall–Kier alpha value is -2.32. The van der Waals surface area contributed by atoms with Gasteiger partial charge in [-0.25, -0.2) is 0 Å². The lowest BCUT2D eigenvalue weighted by atomic mass is 10.2. The lowest BCUT2D eigenvalue weighted by Crippen LogP contribution is -2.49. The van der Waals surface area contributed by atoms with Gasteiger partial charge in [0.1, 0.15) is 12.3 Å². The van der Waals surface area contributed by atoms with Crippen molar-refractivity contribution in [3.05, 3.63) is 45.6 Å². The maximum absolute atomic E-state index is 10.7. The first-order chi connectivity index (χ1) is 12.1. The molecule has 1 unspecified atom stereocenters. The van der Waals surface area contributed by atoms with E-state index in [0.717, 1.165) is 37.7 Å². The molecule has 8 nitrogen and oxygen atoms in total. The molecule has 0 bridgehead atoms. The second kappa shape index (κ2) is 6.53. The number of fused-ring (bicyclic) bond motifs is 1. The average molecular weight is 364 g/mol. The number of halogens is 1. The van der Waals surface area contributed by atoms with E-state index < -0.39 is 4.92 Å². The maximum atomic E-state index is 10.7. The van der Waals surface area contributed by atoms with E-state index in [2.05, 4.69) is 14.8 Å². The second-order valence-electron chi connectivity index (χ2n) is 6.30. The Bertz CT molecular complexity index is 747. The van der Waals surface area contributed by atoms with Crippen molar-refractivity contribution in [3.8, 4) is 6.01 Å². The lowest BCUT2D eigenvalue weighted by molar-refractivity contribution is -0.389. The van der Waals surface area contributed by atoms with Crippen LogP contribution in [0.3, 0.4) is 0 Å². The fourth-order valence-electron chi connectivity index (χ4n) is 3.33. The lowest BCUT2D eigenvalue weighted by Gasteiger charge is -2.36. The Labute approximate surface area is 149 Å². The van der Waals surface area contributed by atoms with Gasteiger partial charge in [-0.05, 0) is 29.2 Å². The van der Waals surface area contributed by atoms with Crippen molar-refractivity contribution >= 4 is 23.1 Å². The number of hydrogen-bond donors (Lipinski definition) is 0. The number of anilines is 1. The van der Waals surface area contributed by atoms with Crippen molar-refractivity contribution in [2.24, 2.45) is 0 Å². The van der Waals surface area contributed by atoms with Crippen molar-refractivity contribution in [2.75, 3.05) is 37.6 Å². The van der Waals surface area contributed by atoms with Crippen LogP contribution in [0.1, 0.15) is 0 Å². The molecule has 0 N–H and O–H groups in total. The number of aromatic nitrogens is 2. The summed E-state index contributed by atoms with van der Waals surface area (Å²) in [4.78, 5) is 18.8. The topological polar surface area (TPSA) is 76.7 Å². The number of imidazole rings is 1. The Balaban J connectivity index is 1.28. The fraction of sp³-hybridized carbons (Fsp3) is 0.438. The summed E-state index contributed by atoms with van der Waals surface area (Å²) in [5.74, 6) is -0.162. The molecule has 1 aromatic carbocycles. The summed E-state index contributed by atoms with van der Waals surface area (Å²) in [5.41, 5.74) is 1.19. The molecule has 0 spiro atoms. The highest BCUT2D eigenvalue weighted by Gasteiger charge is 2.32.